The minimum atomic E-state index is -0.859. The first kappa shape index (κ1) is 22.8. The molecule has 5 N–H and O–H groups in total. The Labute approximate surface area is 182 Å². The van der Waals surface area contributed by atoms with Gasteiger partial charge in [0.1, 0.15) is 29.3 Å². The Morgan fingerprint density at radius 3 is 2.62 bits per heavy atom. The Balaban J connectivity index is 2.06. The topological polar surface area (TPSA) is 156 Å². The Kier molecular flexibility index (Phi) is 7.07. The number of aliphatic hydroxyl groups excluding tert-OH is 2. The third kappa shape index (κ3) is 4.87. The molecule has 3 heterocycles. The number of nitrogens with zero attached hydrogens (tertiary/aromatic N) is 4. The van der Waals surface area contributed by atoms with Gasteiger partial charge in [-0.05, 0) is 12.1 Å². The predicted molar refractivity (Wildman–Crippen MR) is 115 cm³/mol. The number of carbonyl (C=O) groups is 1. The smallest absolute Gasteiger partial charge is 0.257 e. The Hall–Kier alpha value is -3.90. The average Bonchev–Trinajstić information content (AvgIpc) is 2.79. The molecule has 1 amide bonds. The van der Waals surface area contributed by atoms with Crippen molar-refractivity contribution in [2.75, 3.05) is 37.5 Å². The number of hydrogen-bond acceptors (Lipinski definition) is 9. The van der Waals surface area contributed by atoms with Crippen LogP contribution in [0.4, 0.5) is 21.7 Å². The molecule has 3 rings (SSSR count). The number of rotatable bonds is 8. The van der Waals surface area contributed by atoms with Crippen LogP contribution < -0.4 is 21.1 Å². The van der Waals surface area contributed by atoms with E-state index in [4.69, 9.17) is 0 Å². The van der Waals surface area contributed by atoms with E-state index in [1.165, 1.54) is 30.9 Å². The Morgan fingerprint density at radius 1 is 1.22 bits per heavy atom. The lowest BCUT2D eigenvalue weighted by Gasteiger charge is -2.20. The second-order valence-electron chi connectivity index (χ2n) is 6.97. The summed E-state index contributed by atoms with van der Waals surface area (Å²) in [5, 5.41) is 23.9. The molecule has 0 aliphatic carbocycles. The molecule has 0 saturated carbocycles. The number of aromatic nitrogens is 4. The van der Waals surface area contributed by atoms with Crippen LogP contribution in [0.1, 0.15) is 10.4 Å². The fourth-order valence-electron chi connectivity index (χ4n) is 2.90. The number of aliphatic hydroxyl groups is 2. The lowest BCUT2D eigenvalue weighted by molar-refractivity contribution is 0.0879. The molecule has 0 atom stereocenters. The maximum absolute atomic E-state index is 14.3. The van der Waals surface area contributed by atoms with E-state index >= 15 is 0 Å². The van der Waals surface area contributed by atoms with Crippen molar-refractivity contribution in [2.45, 2.75) is 6.04 Å². The SMILES string of the molecule is CN(C)c1[nH]c(=O)c(-c2ccncc2F)cc1Nc1ncncc1C(=O)NC(CO)CO. The molecule has 12 heteroatoms. The minimum Gasteiger partial charge on any atom is -0.394 e. The van der Waals surface area contributed by atoms with E-state index in [0.29, 0.717) is 11.5 Å². The first-order valence-electron chi connectivity index (χ1n) is 9.49. The fraction of sp³-hybridized carbons (Fsp3) is 0.250. The van der Waals surface area contributed by atoms with E-state index in [1.54, 1.807) is 19.0 Å². The number of carbonyl (C=O) groups excluding carboxylic acids is 1. The second-order valence-corrected chi connectivity index (χ2v) is 6.97. The summed E-state index contributed by atoms with van der Waals surface area (Å²) in [5.74, 6) is -0.828. The molecule has 0 aromatic carbocycles. The van der Waals surface area contributed by atoms with E-state index in [1.807, 2.05) is 0 Å². The summed E-state index contributed by atoms with van der Waals surface area (Å²) in [4.78, 5) is 41.2. The quantitative estimate of drug-likeness (QED) is 0.329. The molecule has 0 unspecified atom stereocenters. The fourth-order valence-corrected chi connectivity index (χ4v) is 2.90. The summed E-state index contributed by atoms with van der Waals surface area (Å²) in [6.07, 6.45) is 4.86. The van der Waals surface area contributed by atoms with Crippen LogP contribution in [0.2, 0.25) is 0 Å². The van der Waals surface area contributed by atoms with Gasteiger partial charge >= 0.3 is 0 Å². The van der Waals surface area contributed by atoms with Gasteiger partial charge in [-0.2, -0.15) is 0 Å². The minimum absolute atomic E-state index is 0.0342. The molecule has 0 radical (unpaired) electrons. The van der Waals surface area contributed by atoms with Gasteiger partial charge in [-0.25, -0.2) is 14.4 Å². The largest absolute Gasteiger partial charge is 0.394 e. The van der Waals surface area contributed by atoms with Crippen molar-refractivity contribution in [3.05, 3.63) is 58.8 Å². The summed E-state index contributed by atoms with van der Waals surface area (Å²) in [5.41, 5.74) is -0.0252. The molecule has 32 heavy (non-hydrogen) atoms. The molecule has 0 aliphatic rings. The van der Waals surface area contributed by atoms with Crippen molar-refractivity contribution in [1.82, 2.24) is 25.3 Å². The summed E-state index contributed by atoms with van der Waals surface area (Å²) < 4.78 is 14.3. The maximum atomic E-state index is 14.3. The van der Waals surface area contributed by atoms with Crippen molar-refractivity contribution in [3.63, 3.8) is 0 Å². The molecule has 3 aromatic rings. The number of aromatic amines is 1. The lowest BCUT2D eigenvalue weighted by Crippen LogP contribution is -2.40. The van der Waals surface area contributed by atoms with Crippen LogP contribution in [-0.4, -0.2) is 69.4 Å². The second kappa shape index (κ2) is 9.94. The highest BCUT2D eigenvalue weighted by Gasteiger charge is 2.20. The maximum Gasteiger partial charge on any atom is 0.257 e. The number of anilines is 3. The van der Waals surface area contributed by atoms with Gasteiger partial charge < -0.3 is 30.7 Å². The van der Waals surface area contributed by atoms with Gasteiger partial charge in [0.2, 0.25) is 0 Å². The molecule has 168 valence electrons. The van der Waals surface area contributed by atoms with E-state index in [9.17, 15) is 24.2 Å². The third-order valence-corrected chi connectivity index (χ3v) is 4.52. The van der Waals surface area contributed by atoms with Crippen molar-refractivity contribution in [3.8, 4) is 11.1 Å². The van der Waals surface area contributed by atoms with Crippen LogP contribution >= 0.6 is 0 Å². The zero-order valence-electron chi connectivity index (χ0n) is 17.3. The number of hydrogen-bond donors (Lipinski definition) is 5. The monoisotopic (exact) mass is 443 g/mol. The highest BCUT2D eigenvalue weighted by molar-refractivity contribution is 5.99. The van der Waals surface area contributed by atoms with Crippen LogP contribution in [-0.2, 0) is 0 Å². The number of nitrogens with one attached hydrogen (secondary N) is 3. The molecule has 11 nitrogen and oxygen atoms in total. The summed E-state index contributed by atoms with van der Waals surface area (Å²) in [6, 6.07) is 1.97. The normalized spacial score (nSPS) is 10.8. The standard InChI is InChI=1S/C20H22FN7O4/c1-28(2)18-16(5-13(19(31)27-18)12-3-4-22-7-15(12)21)26-17-14(6-23-10-24-17)20(32)25-11(8-29)9-30/h3-7,10-11,29-30H,8-9H2,1-2H3,(H,25,32)(H,27,31)(H,23,24,26). The summed E-state index contributed by atoms with van der Waals surface area (Å²) >= 11 is 0. The van der Waals surface area contributed by atoms with Gasteiger partial charge in [0.25, 0.3) is 11.5 Å². The highest BCUT2D eigenvalue weighted by Crippen LogP contribution is 2.29. The van der Waals surface area contributed by atoms with Gasteiger partial charge in [0.05, 0.1) is 36.7 Å². The zero-order valence-corrected chi connectivity index (χ0v) is 17.3. The number of H-pyrrole nitrogens is 1. The van der Waals surface area contributed by atoms with E-state index in [2.05, 4.69) is 30.6 Å². The van der Waals surface area contributed by atoms with Crippen molar-refractivity contribution >= 4 is 23.2 Å². The van der Waals surface area contributed by atoms with Crippen molar-refractivity contribution < 1.29 is 19.4 Å². The van der Waals surface area contributed by atoms with Crippen LogP contribution in [0.25, 0.3) is 11.1 Å². The highest BCUT2D eigenvalue weighted by atomic mass is 19.1. The van der Waals surface area contributed by atoms with Gasteiger partial charge in [-0.1, -0.05) is 0 Å². The molecule has 0 spiro atoms. The Morgan fingerprint density at radius 2 is 1.97 bits per heavy atom. The van der Waals surface area contributed by atoms with Crippen LogP contribution in [0, 0.1) is 5.82 Å². The van der Waals surface area contributed by atoms with Crippen molar-refractivity contribution in [2.24, 2.45) is 0 Å². The molecule has 0 fully saturated rings. The van der Waals surface area contributed by atoms with E-state index in [-0.39, 0.29) is 22.5 Å². The zero-order chi connectivity index (χ0) is 23.3. The average molecular weight is 443 g/mol. The first-order valence-corrected chi connectivity index (χ1v) is 9.49. The third-order valence-electron chi connectivity index (χ3n) is 4.52. The molecule has 0 aliphatic heterocycles. The number of pyridine rings is 2. The number of amides is 1. The van der Waals surface area contributed by atoms with Gasteiger partial charge in [0, 0.05) is 32.1 Å². The molecule has 3 aromatic heterocycles. The van der Waals surface area contributed by atoms with Crippen molar-refractivity contribution in [1.29, 1.82) is 0 Å². The predicted octanol–water partition coefficient (Wildman–Crippen LogP) is 0.259. The lowest BCUT2D eigenvalue weighted by atomic mass is 10.1. The van der Waals surface area contributed by atoms with Gasteiger partial charge in [0.15, 0.2) is 0 Å². The first-order chi connectivity index (χ1) is 15.3. The number of halogens is 1. The summed E-state index contributed by atoms with van der Waals surface area (Å²) in [6.45, 7) is -0.908. The van der Waals surface area contributed by atoms with Crippen LogP contribution in [0.3, 0.4) is 0 Å². The molecular weight excluding hydrogens is 421 g/mol. The molecule has 0 bridgehead atoms. The molecular formula is C20H22FN7O4. The van der Waals surface area contributed by atoms with Gasteiger partial charge in [-0.3, -0.25) is 14.6 Å². The Bertz CT molecular complexity index is 1160. The van der Waals surface area contributed by atoms with Gasteiger partial charge in [-0.15, -0.1) is 0 Å². The van der Waals surface area contributed by atoms with Crippen LogP contribution in [0.5, 0.6) is 0 Å². The molecule has 0 saturated heterocycles. The van der Waals surface area contributed by atoms with E-state index in [0.717, 1.165) is 6.20 Å². The van der Waals surface area contributed by atoms with Crippen LogP contribution in [0.15, 0.2) is 41.8 Å². The van der Waals surface area contributed by atoms with E-state index < -0.39 is 36.5 Å². The summed E-state index contributed by atoms with van der Waals surface area (Å²) in [7, 11) is 3.40.